The number of allylic oxidation sites excluding steroid dienone is 1. The number of hydrogen-bond donors (Lipinski definition) is 0. The summed E-state index contributed by atoms with van der Waals surface area (Å²) in [5.41, 5.74) is 2.04. The molecule has 1 aromatic carbocycles. The molecular formula is C13H12BrN. The lowest BCUT2D eigenvalue weighted by atomic mass is 10.2. The molecule has 1 nitrogen and oxygen atoms in total. The van der Waals surface area contributed by atoms with E-state index < -0.39 is 0 Å². The van der Waals surface area contributed by atoms with E-state index in [2.05, 4.69) is 46.0 Å². The van der Waals surface area contributed by atoms with E-state index in [1.54, 1.807) is 0 Å². The topological polar surface area (TPSA) is 12.9 Å². The molecule has 2 aromatic rings. The summed E-state index contributed by atoms with van der Waals surface area (Å²) in [6.45, 7) is 2.08. The van der Waals surface area contributed by atoms with Crippen LogP contribution in [0.3, 0.4) is 0 Å². The molecule has 1 unspecified atom stereocenters. The average molecular weight is 262 g/mol. The average Bonchev–Trinajstić information content (AvgIpc) is 2.26. The minimum Gasteiger partial charge on any atom is -0.248 e. The Morgan fingerprint density at radius 3 is 2.80 bits per heavy atom. The van der Waals surface area contributed by atoms with Gasteiger partial charge in [-0.15, -0.1) is 0 Å². The molecule has 0 aliphatic carbocycles. The van der Waals surface area contributed by atoms with Crippen molar-refractivity contribution in [1.29, 1.82) is 0 Å². The van der Waals surface area contributed by atoms with Crippen LogP contribution in [0.2, 0.25) is 0 Å². The number of benzene rings is 1. The van der Waals surface area contributed by atoms with Crippen molar-refractivity contribution in [3.8, 4) is 0 Å². The zero-order valence-corrected chi connectivity index (χ0v) is 10.1. The standard InChI is InChI=1S/C13H12BrN/c1-10(14)6-8-12-9-7-11-4-2-3-5-13(11)15-12/h2-10H,1H3/b8-6+. The first kappa shape index (κ1) is 10.4. The number of fused-ring (bicyclic) bond motifs is 1. The minimum absolute atomic E-state index is 0.380. The summed E-state index contributed by atoms with van der Waals surface area (Å²) in [6, 6.07) is 12.3. The zero-order chi connectivity index (χ0) is 10.7. The van der Waals surface area contributed by atoms with Gasteiger partial charge in [-0.3, -0.25) is 0 Å². The SMILES string of the molecule is CC(Br)/C=C/c1ccc2ccccc2n1. The molecule has 1 heterocycles. The molecule has 0 saturated carbocycles. The molecule has 0 N–H and O–H groups in total. The van der Waals surface area contributed by atoms with Crippen molar-refractivity contribution in [2.75, 3.05) is 0 Å². The molecule has 0 amide bonds. The van der Waals surface area contributed by atoms with Crippen LogP contribution in [-0.4, -0.2) is 9.81 Å². The van der Waals surface area contributed by atoms with Gasteiger partial charge >= 0.3 is 0 Å². The van der Waals surface area contributed by atoms with Crippen molar-refractivity contribution >= 4 is 32.9 Å². The number of aromatic nitrogens is 1. The van der Waals surface area contributed by atoms with Crippen molar-refractivity contribution in [2.24, 2.45) is 0 Å². The second-order valence-electron chi connectivity index (χ2n) is 3.47. The van der Waals surface area contributed by atoms with Crippen LogP contribution in [0, 0.1) is 0 Å². The molecule has 0 aliphatic rings. The molecule has 0 radical (unpaired) electrons. The van der Waals surface area contributed by atoms with Crippen LogP contribution in [0.4, 0.5) is 0 Å². The van der Waals surface area contributed by atoms with Crippen LogP contribution in [0.5, 0.6) is 0 Å². The Balaban J connectivity index is 2.39. The summed E-state index contributed by atoms with van der Waals surface area (Å²) >= 11 is 3.47. The van der Waals surface area contributed by atoms with Gasteiger partial charge in [0, 0.05) is 10.2 Å². The number of nitrogens with zero attached hydrogens (tertiary/aromatic N) is 1. The molecule has 1 atom stereocenters. The Morgan fingerprint density at radius 2 is 2.00 bits per heavy atom. The van der Waals surface area contributed by atoms with E-state index in [1.165, 1.54) is 5.39 Å². The first-order valence-electron chi connectivity index (χ1n) is 4.94. The number of halogens is 1. The maximum absolute atomic E-state index is 4.54. The summed E-state index contributed by atoms with van der Waals surface area (Å²) < 4.78 is 0. The Bertz CT molecular complexity index is 489. The van der Waals surface area contributed by atoms with Gasteiger partial charge in [0.15, 0.2) is 0 Å². The van der Waals surface area contributed by atoms with E-state index in [4.69, 9.17) is 0 Å². The molecule has 2 heteroatoms. The van der Waals surface area contributed by atoms with Gasteiger partial charge in [0.25, 0.3) is 0 Å². The van der Waals surface area contributed by atoms with Crippen LogP contribution in [0.1, 0.15) is 12.6 Å². The van der Waals surface area contributed by atoms with Gasteiger partial charge in [-0.1, -0.05) is 46.3 Å². The highest BCUT2D eigenvalue weighted by Gasteiger charge is 1.94. The van der Waals surface area contributed by atoms with Gasteiger partial charge in [0.2, 0.25) is 0 Å². The van der Waals surface area contributed by atoms with Crippen molar-refractivity contribution in [3.63, 3.8) is 0 Å². The minimum atomic E-state index is 0.380. The van der Waals surface area contributed by atoms with Gasteiger partial charge in [-0.05, 0) is 25.1 Å². The third-order valence-corrected chi connectivity index (χ3v) is 2.46. The van der Waals surface area contributed by atoms with E-state index in [0.717, 1.165) is 11.2 Å². The fourth-order valence-corrected chi connectivity index (χ4v) is 1.56. The van der Waals surface area contributed by atoms with Gasteiger partial charge in [-0.25, -0.2) is 4.98 Å². The number of alkyl halides is 1. The highest BCUT2D eigenvalue weighted by atomic mass is 79.9. The monoisotopic (exact) mass is 261 g/mol. The Labute approximate surface area is 98.0 Å². The predicted molar refractivity (Wildman–Crippen MR) is 69.2 cm³/mol. The van der Waals surface area contributed by atoms with Gasteiger partial charge in [0.1, 0.15) is 0 Å². The summed E-state index contributed by atoms with van der Waals surface area (Å²) in [5.74, 6) is 0. The molecular weight excluding hydrogens is 250 g/mol. The molecule has 0 bridgehead atoms. The lowest BCUT2D eigenvalue weighted by Gasteiger charge is -1.98. The molecule has 0 saturated heterocycles. The van der Waals surface area contributed by atoms with Crippen molar-refractivity contribution < 1.29 is 0 Å². The van der Waals surface area contributed by atoms with Crippen LogP contribution >= 0.6 is 15.9 Å². The van der Waals surface area contributed by atoms with Crippen LogP contribution in [0.25, 0.3) is 17.0 Å². The molecule has 2 rings (SSSR count). The largest absolute Gasteiger partial charge is 0.248 e. The molecule has 0 aliphatic heterocycles. The molecule has 0 fully saturated rings. The van der Waals surface area contributed by atoms with Crippen molar-refractivity contribution in [3.05, 3.63) is 48.2 Å². The zero-order valence-electron chi connectivity index (χ0n) is 8.52. The number of para-hydroxylation sites is 1. The lowest BCUT2D eigenvalue weighted by Crippen LogP contribution is -1.84. The lowest BCUT2D eigenvalue weighted by molar-refractivity contribution is 1.27. The van der Waals surface area contributed by atoms with Crippen LogP contribution in [0.15, 0.2) is 42.5 Å². The normalized spacial score (nSPS) is 13.5. The third kappa shape index (κ3) is 2.66. The Morgan fingerprint density at radius 1 is 1.20 bits per heavy atom. The summed E-state index contributed by atoms with van der Waals surface area (Å²) in [7, 11) is 0. The summed E-state index contributed by atoms with van der Waals surface area (Å²) in [4.78, 5) is 4.92. The first-order valence-corrected chi connectivity index (χ1v) is 5.85. The smallest absolute Gasteiger partial charge is 0.0709 e. The van der Waals surface area contributed by atoms with Crippen molar-refractivity contribution in [2.45, 2.75) is 11.8 Å². The maximum Gasteiger partial charge on any atom is 0.0709 e. The van der Waals surface area contributed by atoms with E-state index >= 15 is 0 Å². The molecule has 0 spiro atoms. The van der Waals surface area contributed by atoms with E-state index in [-0.39, 0.29) is 0 Å². The highest BCUT2D eigenvalue weighted by molar-refractivity contribution is 9.09. The van der Waals surface area contributed by atoms with E-state index in [9.17, 15) is 0 Å². The van der Waals surface area contributed by atoms with Crippen LogP contribution in [-0.2, 0) is 0 Å². The Kier molecular flexibility index (Phi) is 3.17. The van der Waals surface area contributed by atoms with Crippen LogP contribution < -0.4 is 0 Å². The second kappa shape index (κ2) is 4.58. The predicted octanol–water partition coefficient (Wildman–Crippen LogP) is 4.03. The van der Waals surface area contributed by atoms with Gasteiger partial charge < -0.3 is 0 Å². The fraction of sp³-hybridized carbons (Fsp3) is 0.154. The number of pyridine rings is 1. The third-order valence-electron chi connectivity index (χ3n) is 2.15. The van der Waals surface area contributed by atoms with Crippen molar-refractivity contribution in [1.82, 2.24) is 4.98 Å². The fourth-order valence-electron chi connectivity index (χ4n) is 1.41. The summed E-state index contributed by atoms with van der Waals surface area (Å²) in [6.07, 6.45) is 4.11. The number of rotatable bonds is 2. The quantitative estimate of drug-likeness (QED) is 0.744. The second-order valence-corrected chi connectivity index (χ2v) is 4.91. The van der Waals surface area contributed by atoms with E-state index in [1.807, 2.05) is 30.3 Å². The molecule has 1 aromatic heterocycles. The molecule has 15 heavy (non-hydrogen) atoms. The summed E-state index contributed by atoms with van der Waals surface area (Å²) in [5, 5.41) is 1.18. The van der Waals surface area contributed by atoms with E-state index in [0.29, 0.717) is 4.83 Å². The Hall–Kier alpha value is -1.15. The van der Waals surface area contributed by atoms with Gasteiger partial charge in [0.05, 0.1) is 11.2 Å². The molecule has 76 valence electrons. The first-order chi connectivity index (χ1) is 7.25. The highest BCUT2D eigenvalue weighted by Crippen LogP contribution is 2.13. The maximum atomic E-state index is 4.54. The van der Waals surface area contributed by atoms with Gasteiger partial charge in [-0.2, -0.15) is 0 Å². The number of hydrogen-bond acceptors (Lipinski definition) is 1.